The molecule has 1 saturated heterocycles. The summed E-state index contributed by atoms with van der Waals surface area (Å²) in [6.07, 6.45) is 15.0. The van der Waals surface area contributed by atoms with Gasteiger partial charge in [0.15, 0.2) is 12.2 Å². The minimum absolute atomic E-state index is 0.0752. The van der Waals surface area contributed by atoms with E-state index in [2.05, 4.69) is 5.32 Å². The van der Waals surface area contributed by atoms with Crippen LogP contribution in [-0.4, -0.2) is 32.0 Å². The summed E-state index contributed by atoms with van der Waals surface area (Å²) in [5.41, 5.74) is 5.22. The zero-order valence-electron chi connectivity index (χ0n) is 14.1. The first kappa shape index (κ1) is 19.2. The van der Waals surface area contributed by atoms with Crippen molar-refractivity contribution in [3.8, 4) is 0 Å². The molecule has 0 aromatic rings. The summed E-state index contributed by atoms with van der Waals surface area (Å²) < 4.78 is 11.3. The number of rotatable bonds is 13. The van der Waals surface area contributed by atoms with Crippen LogP contribution in [0.4, 0.5) is 0 Å². The van der Waals surface area contributed by atoms with E-state index < -0.39 is 0 Å². The van der Waals surface area contributed by atoms with E-state index in [0.717, 1.165) is 39.0 Å². The standard InChI is InChI=1S/C17H35N3O2/c18-17(19)20-13-9-6-4-2-1-3-5-7-10-14-21-16-12-8-11-15-22-16/h16H,1-15H2,(H4,18,19,20). The van der Waals surface area contributed by atoms with Crippen molar-refractivity contribution >= 4 is 5.96 Å². The minimum Gasteiger partial charge on any atom is -0.370 e. The third kappa shape index (κ3) is 11.8. The first-order chi connectivity index (χ1) is 10.8. The highest BCUT2D eigenvalue weighted by molar-refractivity contribution is 5.74. The molecule has 0 saturated carbocycles. The van der Waals surface area contributed by atoms with Gasteiger partial charge in [-0.05, 0) is 32.1 Å². The molecule has 0 radical (unpaired) electrons. The average Bonchev–Trinajstić information content (AvgIpc) is 2.52. The van der Waals surface area contributed by atoms with Gasteiger partial charge in [-0.2, -0.15) is 0 Å². The first-order valence-electron chi connectivity index (χ1n) is 9.10. The van der Waals surface area contributed by atoms with E-state index in [9.17, 15) is 0 Å². The van der Waals surface area contributed by atoms with Crippen LogP contribution in [0.15, 0.2) is 0 Å². The summed E-state index contributed by atoms with van der Waals surface area (Å²) in [5, 5.41) is 9.88. The maximum absolute atomic E-state index is 7.04. The zero-order chi connectivity index (χ0) is 15.9. The van der Waals surface area contributed by atoms with Gasteiger partial charge in [0, 0.05) is 19.8 Å². The number of hydrogen-bond donors (Lipinski definition) is 3. The molecule has 1 aliphatic heterocycles. The molecule has 1 heterocycles. The Bertz CT molecular complexity index is 269. The Hall–Kier alpha value is -0.810. The molecule has 4 N–H and O–H groups in total. The van der Waals surface area contributed by atoms with Crippen LogP contribution in [0.2, 0.25) is 0 Å². The minimum atomic E-state index is 0.0752. The van der Waals surface area contributed by atoms with Gasteiger partial charge in [-0.1, -0.05) is 44.9 Å². The predicted octanol–water partition coefficient (Wildman–Crippen LogP) is 3.52. The van der Waals surface area contributed by atoms with Crippen molar-refractivity contribution in [3.05, 3.63) is 0 Å². The number of hydrogen-bond acceptors (Lipinski definition) is 3. The highest BCUT2D eigenvalue weighted by Gasteiger charge is 2.13. The lowest BCUT2D eigenvalue weighted by molar-refractivity contribution is -0.162. The van der Waals surface area contributed by atoms with Gasteiger partial charge in [-0.15, -0.1) is 0 Å². The lowest BCUT2D eigenvalue weighted by Gasteiger charge is -2.22. The number of unbranched alkanes of at least 4 members (excludes halogenated alkanes) is 8. The first-order valence-corrected chi connectivity index (χ1v) is 9.10. The average molecular weight is 313 g/mol. The third-order valence-corrected chi connectivity index (χ3v) is 4.08. The van der Waals surface area contributed by atoms with Crippen LogP contribution in [0.25, 0.3) is 0 Å². The second-order valence-electron chi connectivity index (χ2n) is 6.19. The number of guanidine groups is 1. The Balaban J connectivity index is 1.70. The van der Waals surface area contributed by atoms with Gasteiger partial charge in [-0.25, -0.2) is 0 Å². The van der Waals surface area contributed by atoms with Crippen molar-refractivity contribution < 1.29 is 9.47 Å². The lowest BCUT2D eigenvalue weighted by atomic mass is 10.1. The van der Waals surface area contributed by atoms with Gasteiger partial charge in [0.2, 0.25) is 0 Å². The molecule has 1 aliphatic rings. The molecule has 1 unspecified atom stereocenters. The molecule has 5 nitrogen and oxygen atoms in total. The Kier molecular flexibility index (Phi) is 12.1. The number of nitrogens with one attached hydrogen (secondary N) is 2. The van der Waals surface area contributed by atoms with E-state index in [0.29, 0.717) is 0 Å². The monoisotopic (exact) mass is 313 g/mol. The smallest absolute Gasteiger partial charge is 0.185 e. The molecule has 1 rings (SSSR count). The van der Waals surface area contributed by atoms with Crippen LogP contribution in [0.1, 0.15) is 77.0 Å². The Morgan fingerprint density at radius 1 is 1.00 bits per heavy atom. The summed E-state index contributed by atoms with van der Waals surface area (Å²) in [6.45, 7) is 2.56. The molecule has 1 atom stereocenters. The van der Waals surface area contributed by atoms with E-state index in [1.807, 2.05) is 0 Å². The Morgan fingerprint density at radius 3 is 2.23 bits per heavy atom. The van der Waals surface area contributed by atoms with Crippen LogP contribution in [0.3, 0.4) is 0 Å². The van der Waals surface area contributed by atoms with Crippen molar-refractivity contribution in [2.24, 2.45) is 5.73 Å². The molecule has 0 aromatic heterocycles. The second kappa shape index (κ2) is 13.8. The van der Waals surface area contributed by atoms with E-state index in [-0.39, 0.29) is 12.2 Å². The maximum Gasteiger partial charge on any atom is 0.185 e. The van der Waals surface area contributed by atoms with Gasteiger partial charge in [0.05, 0.1) is 0 Å². The van der Waals surface area contributed by atoms with E-state index in [1.54, 1.807) is 0 Å². The third-order valence-electron chi connectivity index (χ3n) is 4.08. The van der Waals surface area contributed by atoms with Gasteiger partial charge >= 0.3 is 0 Å². The highest BCUT2D eigenvalue weighted by atomic mass is 16.7. The SMILES string of the molecule is N=C(N)NCCCCCCCCCCCOC1CCCCO1. The fourth-order valence-electron chi connectivity index (χ4n) is 2.74. The number of ether oxygens (including phenoxy) is 2. The second-order valence-corrected chi connectivity index (χ2v) is 6.19. The molecule has 130 valence electrons. The zero-order valence-corrected chi connectivity index (χ0v) is 14.1. The largest absolute Gasteiger partial charge is 0.370 e. The van der Waals surface area contributed by atoms with Crippen LogP contribution in [0, 0.1) is 5.41 Å². The van der Waals surface area contributed by atoms with Crippen molar-refractivity contribution in [3.63, 3.8) is 0 Å². The molecular weight excluding hydrogens is 278 g/mol. The lowest BCUT2D eigenvalue weighted by Crippen LogP contribution is -2.30. The normalized spacial score (nSPS) is 18.3. The quantitative estimate of drug-likeness (QED) is 0.276. The Morgan fingerprint density at radius 2 is 1.64 bits per heavy atom. The van der Waals surface area contributed by atoms with E-state index in [4.69, 9.17) is 20.6 Å². The summed E-state index contributed by atoms with van der Waals surface area (Å²) in [6, 6.07) is 0. The van der Waals surface area contributed by atoms with Crippen molar-refractivity contribution in [1.29, 1.82) is 5.41 Å². The molecule has 0 amide bonds. The fraction of sp³-hybridized carbons (Fsp3) is 0.941. The molecule has 0 spiro atoms. The molecule has 5 heteroatoms. The number of nitrogens with two attached hydrogens (primary N) is 1. The predicted molar refractivity (Wildman–Crippen MR) is 91.0 cm³/mol. The molecule has 0 bridgehead atoms. The topological polar surface area (TPSA) is 80.4 Å². The highest BCUT2D eigenvalue weighted by Crippen LogP contribution is 2.14. The summed E-state index contributed by atoms with van der Waals surface area (Å²) in [7, 11) is 0. The molecule has 22 heavy (non-hydrogen) atoms. The maximum atomic E-state index is 7.04. The van der Waals surface area contributed by atoms with Crippen LogP contribution in [-0.2, 0) is 9.47 Å². The summed E-state index contributed by atoms with van der Waals surface area (Å²) in [5.74, 6) is 0.0824. The molecule has 1 fully saturated rings. The van der Waals surface area contributed by atoms with Gasteiger partial charge in [0.1, 0.15) is 0 Å². The van der Waals surface area contributed by atoms with Gasteiger partial charge < -0.3 is 20.5 Å². The summed E-state index contributed by atoms with van der Waals surface area (Å²) >= 11 is 0. The van der Waals surface area contributed by atoms with Crippen molar-refractivity contribution in [1.82, 2.24) is 5.32 Å². The van der Waals surface area contributed by atoms with Crippen LogP contribution in [0.5, 0.6) is 0 Å². The van der Waals surface area contributed by atoms with Crippen molar-refractivity contribution in [2.45, 2.75) is 83.3 Å². The van der Waals surface area contributed by atoms with Crippen molar-refractivity contribution in [2.75, 3.05) is 19.8 Å². The molecular formula is C17H35N3O2. The van der Waals surface area contributed by atoms with Gasteiger partial charge in [0.25, 0.3) is 0 Å². The summed E-state index contributed by atoms with van der Waals surface area (Å²) in [4.78, 5) is 0. The van der Waals surface area contributed by atoms with Gasteiger partial charge in [-0.3, -0.25) is 5.41 Å². The Labute approximate surface area is 135 Å². The van der Waals surface area contributed by atoms with Crippen LogP contribution < -0.4 is 11.1 Å². The van der Waals surface area contributed by atoms with Crippen LogP contribution >= 0.6 is 0 Å². The molecule has 0 aliphatic carbocycles. The van der Waals surface area contributed by atoms with E-state index >= 15 is 0 Å². The fourth-order valence-corrected chi connectivity index (χ4v) is 2.74. The van der Waals surface area contributed by atoms with E-state index in [1.165, 1.54) is 57.8 Å². The molecule has 0 aromatic carbocycles.